The third-order valence-corrected chi connectivity index (χ3v) is 4.12. The van der Waals surface area contributed by atoms with Crippen LogP contribution in [0.15, 0.2) is 54.6 Å². The van der Waals surface area contributed by atoms with Crippen molar-refractivity contribution in [3.63, 3.8) is 0 Å². The molecule has 0 spiro atoms. The Labute approximate surface area is 155 Å². The van der Waals surface area contributed by atoms with Crippen molar-refractivity contribution in [3.8, 4) is 5.88 Å². The SMILES string of the molecule is CCCN(C)CCOc1nn(Cc2ccccc2)c2ccccc12.Cl. The van der Waals surface area contributed by atoms with Crippen LogP contribution >= 0.6 is 12.4 Å². The lowest BCUT2D eigenvalue weighted by Crippen LogP contribution is -2.25. The third kappa shape index (κ3) is 4.97. The maximum absolute atomic E-state index is 5.98. The van der Waals surface area contributed by atoms with Gasteiger partial charge in [0.1, 0.15) is 6.61 Å². The molecule has 3 rings (SSSR count). The Kier molecular flexibility index (Phi) is 7.29. The number of rotatable bonds is 8. The second-order valence-corrected chi connectivity index (χ2v) is 6.12. The van der Waals surface area contributed by atoms with Gasteiger partial charge in [-0.25, -0.2) is 0 Å². The summed E-state index contributed by atoms with van der Waals surface area (Å²) in [7, 11) is 2.12. The highest BCUT2D eigenvalue weighted by Gasteiger charge is 2.11. The second-order valence-electron chi connectivity index (χ2n) is 6.12. The minimum atomic E-state index is 0. The third-order valence-electron chi connectivity index (χ3n) is 4.12. The number of para-hydroxylation sites is 1. The van der Waals surface area contributed by atoms with Crippen LogP contribution in [0.25, 0.3) is 10.9 Å². The van der Waals surface area contributed by atoms with Crippen LogP contribution in [0.2, 0.25) is 0 Å². The average Bonchev–Trinajstić information content (AvgIpc) is 2.94. The van der Waals surface area contributed by atoms with Crippen molar-refractivity contribution in [2.45, 2.75) is 19.9 Å². The fourth-order valence-corrected chi connectivity index (χ4v) is 2.87. The van der Waals surface area contributed by atoms with Crippen molar-refractivity contribution in [2.75, 3.05) is 26.7 Å². The van der Waals surface area contributed by atoms with E-state index < -0.39 is 0 Å². The zero-order valence-electron chi connectivity index (χ0n) is 14.9. The molecule has 0 fully saturated rings. The number of nitrogens with zero attached hydrogens (tertiary/aromatic N) is 3. The summed E-state index contributed by atoms with van der Waals surface area (Å²) in [5.74, 6) is 0.728. The Hall–Kier alpha value is -2.04. The first kappa shape index (κ1) is 19.3. The largest absolute Gasteiger partial charge is 0.475 e. The van der Waals surface area contributed by atoms with Crippen LogP contribution in [-0.2, 0) is 6.54 Å². The molecule has 0 radical (unpaired) electrons. The zero-order valence-corrected chi connectivity index (χ0v) is 15.7. The van der Waals surface area contributed by atoms with E-state index in [0.717, 1.165) is 42.8 Å². The maximum Gasteiger partial charge on any atom is 0.240 e. The average molecular weight is 360 g/mol. The first-order valence-electron chi connectivity index (χ1n) is 8.58. The molecule has 0 aliphatic heterocycles. The lowest BCUT2D eigenvalue weighted by atomic mass is 10.2. The molecule has 4 nitrogen and oxygen atoms in total. The number of hydrogen-bond donors (Lipinski definition) is 0. The van der Waals surface area contributed by atoms with E-state index in [1.54, 1.807) is 0 Å². The smallest absolute Gasteiger partial charge is 0.240 e. The molecule has 1 heterocycles. The quantitative estimate of drug-likeness (QED) is 0.603. The molecule has 5 heteroatoms. The number of aromatic nitrogens is 2. The molecule has 0 unspecified atom stereocenters. The topological polar surface area (TPSA) is 30.3 Å². The zero-order chi connectivity index (χ0) is 16.8. The molecule has 3 aromatic rings. The van der Waals surface area contributed by atoms with E-state index in [1.807, 2.05) is 22.9 Å². The highest BCUT2D eigenvalue weighted by atomic mass is 35.5. The molecule has 1 aromatic heterocycles. The lowest BCUT2D eigenvalue weighted by molar-refractivity contribution is 0.232. The number of hydrogen-bond acceptors (Lipinski definition) is 3. The number of likely N-dealkylation sites (N-methyl/N-ethyl adjacent to an activating group) is 1. The number of fused-ring (bicyclic) bond motifs is 1. The minimum Gasteiger partial charge on any atom is -0.475 e. The van der Waals surface area contributed by atoms with Gasteiger partial charge in [-0.1, -0.05) is 49.4 Å². The van der Waals surface area contributed by atoms with Crippen molar-refractivity contribution in [3.05, 3.63) is 60.2 Å². The molecule has 0 aliphatic carbocycles. The number of ether oxygens (including phenoxy) is 1. The van der Waals surface area contributed by atoms with E-state index in [-0.39, 0.29) is 12.4 Å². The first-order chi connectivity index (χ1) is 11.8. The Bertz CT molecular complexity index is 773. The van der Waals surface area contributed by atoms with E-state index in [1.165, 1.54) is 5.56 Å². The molecule has 0 saturated heterocycles. The summed E-state index contributed by atoms with van der Waals surface area (Å²) >= 11 is 0. The molecule has 2 aromatic carbocycles. The Morgan fingerprint density at radius 1 is 1.00 bits per heavy atom. The predicted octanol–water partition coefficient (Wildman–Crippen LogP) is 4.23. The van der Waals surface area contributed by atoms with Crippen LogP contribution in [-0.4, -0.2) is 41.4 Å². The first-order valence-corrected chi connectivity index (χ1v) is 8.58. The van der Waals surface area contributed by atoms with Crippen molar-refractivity contribution < 1.29 is 4.74 Å². The molecular formula is C20H26ClN3O. The second kappa shape index (κ2) is 9.44. The Balaban J connectivity index is 0.00000225. The Morgan fingerprint density at radius 2 is 1.72 bits per heavy atom. The summed E-state index contributed by atoms with van der Waals surface area (Å²) in [4.78, 5) is 2.28. The fourth-order valence-electron chi connectivity index (χ4n) is 2.87. The number of halogens is 1. The van der Waals surface area contributed by atoms with Crippen molar-refractivity contribution >= 4 is 23.3 Å². The molecule has 0 bridgehead atoms. The van der Waals surface area contributed by atoms with Gasteiger partial charge < -0.3 is 9.64 Å². The molecule has 0 saturated carbocycles. The Morgan fingerprint density at radius 3 is 2.48 bits per heavy atom. The van der Waals surface area contributed by atoms with Gasteiger partial charge >= 0.3 is 0 Å². The van der Waals surface area contributed by atoms with Gasteiger partial charge in [0.05, 0.1) is 17.4 Å². The van der Waals surface area contributed by atoms with Crippen LogP contribution in [0.1, 0.15) is 18.9 Å². The lowest BCUT2D eigenvalue weighted by Gasteiger charge is -2.14. The summed E-state index contributed by atoms with van der Waals surface area (Å²) in [6.45, 7) is 5.60. The standard InChI is InChI=1S/C20H25N3O.ClH/c1-3-13-22(2)14-15-24-20-18-11-7-8-12-19(18)23(21-20)16-17-9-5-4-6-10-17;/h4-12H,3,13-16H2,1-2H3;1H. The van der Waals surface area contributed by atoms with Crippen molar-refractivity contribution in [1.82, 2.24) is 14.7 Å². The van der Waals surface area contributed by atoms with Gasteiger partial charge in [-0.3, -0.25) is 4.68 Å². The van der Waals surface area contributed by atoms with E-state index in [4.69, 9.17) is 9.84 Å². The van der Waals surface area contributed by atoms with Gasteiger partial charge in [0.15, 0.2) is 0 Å². The minimum absolute atomic E-state index is 0. The van der Waals surface area contributed by atoms with E-state index >= 15 is 0 Å². The summed E-state index contributed by atoms with van der Waals surface area (Å²) in [6, 6.07) is 18.6. The molecule has 0 aliphatic rings. The molecule has 0 N–H and O–H groups in total. The van der Waals surface area contributed by atoms with Gasteiger partial charge in [0.25, 0.3) is 0 Å². The summed E-state index contributed by atoms with van der Waals surface area (Å²) in [5, 5.41) is 5.78. The monoisotopic (exact) mass is 359 g/mol. The van der Waals surface area contributed by atoms with Crippen molar-refractivity contribution in [2.24, 2.45) is 0 Å². The molecule has 0 atom stereocenters. The molecule has 25 heavy (non-hydrogen) atoms. The van der Waals surface area contributed by atoms with Crippen LogP contribution in [0.5, 0.6) is 5.88 Å². The van der Waals surface area contributed by atoms with E-state index in [9.17, 15) is 0 Å². The van der Waals surface area contributed by atoms with Gasteiger partial charge in [-0.15, -0.1) is 17.5 Å². The van der Waals surface area contributed by atoms with Crippen LogP contribution in [0.4, 0.5) is 0 Å². The van der Waals surface area contributed by atoms with E-state index in [0.29, 0.717) is 6.61 Å². The van der Waals surface area contributed by atoms with Crippen molar-refractivity contribution in [1.29, 1.82) is 0 Å². The number of benzene rings is 2. The maximum atomic E-state index is 5.98. The highest BCUT2D eigenvalue weighted by Crippen LogP contribution is 2.25. The van der Waals surface area contributed by atoms with Gasteiger partial charge in [-0.2, -0.15) is 0 Å². The molecular weight excluding hydrogens is 334 g/mol. The molecule has 134 valence electrons. The summed E-state index contributed by atoms with van der Waals surface area (Å²) in [6.07, 6.45) is 1.16. The molecule has 0 amide bonds. The summed E-state index contributed by atoms with van der Waals surface area (Å²) in [5.41, 5.74) is 2.35. The van der Waals surface area contributed by atoms with Gasteiger partial charge in [0, 0.05) is 6.54 Å². The fraction of sp³-hybridized carbons (Fsp3) is 0.350. The highest BCUT2D eigenvalue weighted by molar-refractivity contribution is 5.85. The van der Waals surface area contributed by atoms with Crippen LogP contribution in [0.3, 0.4) is 0 Å². The van der Waals surface area contributed by atoms with E-state index in [2.05, 4.69) is 55.3 Å². The van der Waals surface area contributed by atoms with Crippen LogP contribution < -0.4 is 4.74 Å². The normalized spacial score (nSPS) is 10.8. The van der Waals surface area contributed by atoms with Crippen LogP contribution in [0, 0.1) is 0 Å². The summed E-state index contributed by atoms with van der Waals surface area (Å²) < 4.78 is 8.00. The van der Waals surface area contributed by atoms with Gasteiger partial charge in [-0.05, 0) is 37.7 Å². The van der Waals surface area contributed by atoms with Gasteiger partial charge in [0.2, 0.25) is 5.88 Å². The predicted molar refractivity (Wildman–Crippen MR) is 106 cm³/mol.